The van der Waals surface area contributed by atoms with E-state index in [0.29, 0.717) is 31.6 Å². The number of hydrogen-bond acceptors (Lipinski definition) is 5. The van der Waals surface area contributed by atoms with Gasteiger partial charge in [0, 0.05) is 27.2 Å². The van der Waals surface area contributed by atoms with Gasteiger partial charge in [0.1, 0.15) is 0 Å². The van der Waals surface area contributed by atoms with Crippen molar-refractivity contribution < 1.29 is 13.5 Å². The fraction of sp³-hybridized carbons (Fsp3) is 0.571. The van der Waals surface area contributed by atoms with Crippen LogP contribution in [0.15, 0.2) is 23.1 Å². The molecule has 0 unspecified atom stereocenters. The normalized spacial score (nSPS) is 19.0. The Hall–Kier alpha value is -1.31. The number of sulfonamides is 1. The van der Waals surface area contributed by atoms with E-state index in [9.17, 15) is 13.5 Å². The summed E-state index contributed by atoms with van der Waals surface area (Å²) in [5, 5.41) is 9.98. The summed E-state index contributed by atoms with van der Waals surface area (Å²) in [7, 11) is -0.486. The van der Waals surface area contributed by atoms with Gasteiger partial charge in [0.05, 0.1) is 21.9 Å². The Morgan fingerprint density at radius 1 is 1.29 bits per heavy atom. The molecule has 1 aromatic rings. The number of nitrogens with two attached hydrogens (primary N) is 1. The predicted octanol–water partition coefficient (Wildman–Crippen LogP) is 0.870. The molecular formula is C14H23N3O3S. The fourth-order valence-corrected chi connectivity index (χ4v) is 3.36. The first-order valence-electron chi connectivity index (χ1n) is 6.93. The summed E-state index contributed by atoms with van der Waals surface area (Å²) >= 11 is 0. The van der Waals surface area contributed by atoms with Crippen LogP contribution < -0.4 is 10.6 Å². The Morgan fingerprint density at radius 2 is 1.86 bits per heavy atom. The first-order chi connectivity index (χ1) is 9.63. The molecule has 118 valence electrons. The second-order valence-electron chi connectivity index (χ2n) is 5.99. The molecule has 2 rings (SSSR count). The van der Waals surface area contributed by atoms with Gasteiger partial charge in [-0.1, -0.05) is 0 Å². The molecule has 21 heavy (non-hydrogen) atoms. The summed E-state index contributed by atoms with van der Waals surface area (Å²) in [6, 6.07) is 4.82. The average molecular weight is 313 g/mol. The summed E-state index contributed by atoms with van der Waals surface area (Å²) in [6.45, 7) is 3.24. The molecule has 1 saturated heterocycles. The van der Waals surface area contributed by atoms with E-state index in [1.807, 2.05) is 6.92 Å². The van der Waals surface area contributed by atoms with Crippen molar-refractivity contribution in [3.8, 4) is 0 Å². The Bertz CT molecular complexity index is 616. The van der Waals surface area contributed by atoms with Crippen LogP contribution in [0.3, 0.4) is 0 Å². The van der Waals surface area contributed by atoms with E-state index in [4.69, 9.17) is 5.73 Å². The lowest BCUT2D eigenvalue weighted by Gasteiger charge is -2.37. The fourth-order valence-electron chi connectivity index (χ4n) is 2.42. The van der Waals surface area contributed by atoms with Crippen LogP contribution >= 0.6 is 0 Å². The zero-order valence-electron chi connectivity index (χ0n) is 12.7. The molecule has 0 amide bonds. The largest absolute Gasteiger partial charge is 0.397 e. The molecule has 0 radical (unpaired) electrons. The second kappa shape index (κ2) is 5.47. The van der Waals surface area contributed by atoms with E-state index < -0.39 is 15.6 Å². The molecule has 1 aliphatic heterocycles. The van der Waals surface area contributed by atoms with E-state index >= 15 is 0 Å². The van der Waals surface area contributed by atoms with E-state index in [1.54, 1.807) is 12.1 Å². The molecule has 1 fully saturated rings. The lowest BCUT2D eigenvalue weighted by molar-refractivity contribution is 0.0351. The Labute approximate surface area is 126 Å². The molecular weight excluding hydrogens is 290 g/mol. The van der Waals surface area contributed by atoms with Crippen LogP contribution in [0.25, 0.3) is 0 Å². The highest BCUT2D eigenvalue weighted by Crippen LogP contribution is 2.31. The van der Waals surface area contributed by atoms with Crippen molar-refractivity contribution >= 4 is 21.4 Å². The molecule has 7 heteroatoms. The van der Waals surface area contributed by atoms with Crippen LogP contribution in [0.1, 0.15) is 19.8 Å². The lowest BCUT2D eigenvalue weighted by Crippen LogP contribution is -2.42. The molecule has 1 aliphatic rings. The molecule has 0 aromatic heterocycles. The third-order valence-electron chi connectivity index (χ3n) is 3.96. The second-order valence-corrected chi connectivity index (χ2v) is 8.14. The van der Waals surface area contributed by atoms with Gasteiger partial charge in [0.25, 0.3) is 0 Å². The highest BCUT2D eigenvalue weighted by Gasteiger charge is 2.28. The van der Waals surface area contributed by atoms with E-state index in [2.05, 4.69) is 4.90 Å². The summed E-state index contributed by atoms with van der Waals surface area (Å²) in [4.78, 5) is 2.28. The molecule has 6 nitrogen and oxygen atoms in total. The Morgan fingerprint density at radius 3 is 2.33 bits per heavy atom. The minimum Gasteiger partial charge on any atom is -0.397 e. The van der Waals surface area contributed by atoms with Crippen molar-refractivity contribution in [2.24, 2.45) is 0 Å². The summed E-state index contributed by atoms with van der Waals surface area (Å²) in [6.07, 6.45) is 1.34. The quantitative estimate of drug-likeness (QED) is 0.809. The molecule has 1 aromatic carbocycles. The van der Waals surface area contributed by atoms with Crippen molar-refractivity contribution in [1.82, 2.24) is 4.31 Å². The van der Waals surface area contributed by atoms with Crippen LogP contribution in [-0.4, -0.2) is 50.6 Å². The van der Waals surface area contributed by atoms with Gasteiger partial charge in [-0.2, -0.15) is 0 Å². The van der Waals surface area contributed by atoms with Gasteiger partial charge in [0.2, 0.25) is 10.0 Å². The van der Waals surface area contributed by atoms with Crippen LogP contribution in [0.5, 0.6) is 0 Å². The van der Waals surface area contributed by atoms with Crippen LogP contribution in [0.4, 0.5) is 11.4 Å². The summed E-state index contributed by atoms with van der Waals surface area (Å²) in [5.41, 5.74) is 6.67. The molecule has 1 heterocycles. The zero-order chi connectivity index (χ0) is 15.8. The number of aliphatic hydroxyl groups is 1. The first kappa shape index (κ1) is 16.1. The van der Waals surface area contributed by atoms with E-state index in [-0.39, 0.29) is 4.90 Å². The monoisotopic (exact) mass is 313 g/mol. The number of benzene rings is 1. The third kappa shape index (κ3) is 3.30. The number of nitrogens with zero attached hydrogens (tertiary/aromatic N) is 2. The number of hydrogen-bond donors (Lipinski definition) is 2. The van der Waals surface area contributed by atoms with Gasteiger partial charge >= 0.3 is 0 Å². The van der Waals surface area contributed by atoms with Crippen LogP contribution in [0, 0.1) is 0 Å². The van der Waals surface area contributed by atoms with Crippen molar-refractivity contribution in [1.29, 1.82) is 0 Å². The molecule has 0 spiro atoms. The Balaban J connectivity index is 2.25. The van der Waals surface area contributed by atoms with Gasteiger partial charge in [-0.15, -0.1) is 0 Å². The van der Waals surface area contributed by atoms with Crippen LogP contribution in [-0.2, 0) is 10.0 Å². The average Bonchev–Trinajstić information content (AvgIpc) is 2.39. The summed E-state index contributed by atoms with van der Waals surface area (Å²) in [5.74, 6) is 0. The van der Waals surface area contributed by atoms with E-state index in [0.717, 1.165) is 5.69 Å². The molecule has 0 aliphatic carbocycles. The molecule has 0 saturated carbocycles. The topological polar surface area (TPSA) is 86.9 Å². The highest BCUT2D eigenvalue weighted by molar-refractivity contribution is 7.89. The van der Waals surface area contributed by atoms with Crippen molar-refractivity contribution in [2.75, 3.05) is 37.8 Å². The number of anilines is 2. The number of nitrogen functional groups attached to an aromatic ring is 1. The lowest BCUT2D eigenvalue weighted by atomic mass is 9.93. The first-order valence-corrected chi connectivity index (χ1v) is 8.37. The summed E-state index contributed by atoms with van der Waals surface area (Å²) < 4.78 is 25.3. The van der Waals surface area contributed by atoms with Gasteiger partial charge in [0.15, 0.2) is 0 Å². The van der Waals surface area contributed by atoms with Crippen molar-refractivity contribution in [3.63, 3.8) is 0 Å². The van der Waals surface area contributed by atoms with Gasteiger partial charge in [-0.05, 0) is 38.0 Å². The maximum Gasteiger partial charge on any atom is 0.242 e. The van der Waals surface area contributed by atoms with Crippen molar-refractivity contribution in [3.05, 3.63) is 18.2 Å². The standard InChI is InChI=1S/C14H23N3O3S/c1-14(18)6-8-17(9-7-14)13-5-4-11(10-12(13)15)21(19,20)16(2)3/h4-5,10,18H,6-9,15H2,1-3H3. The minimum atomic E-state index is -3.47. The highest BCUT2D eigenvalue weighted by atomic mass is 32.2. The number of rotatable bonds is 3. The Kier molecular flexibility index (Phi) is 4.19. The smallest absolute Gasteiger partial charge is 0.242 e. The van der Waals surface area contributed by atoms with E-state index in [1.165, 1.54) is 24.5 Å². The molecule has 0 bridgehead atoms. The third-order valence-corrected chi connectivity index (χ3v) is 5.77. The van der Waals surface area contributed by atoms with Gasteiger partial charge < -0.3 is 15.7 Å². The van der Waals surface area contributed by atoms with Crippen molar-refractivity contribution in [2.45, 2.75) is 30.3 Å². The maximum absolute atomic E-state index is 12.1. The predicted molar refractivity (Wildman–Crippen MR) is 83.8 cm³/mol. The SMILES string of the molecule is CN(C)S(=O)(=O)c1ccc(N2CCC(C)(O)CC2)c(N)c1. The molecule has 0 atom stereocenters. The minimum absolute atomic E-state index is 0.192. The maximum atomic E-state index is 12.1. The zero-order valence-corrected chi connectivity index (χ0v) is 13.5. The number of piperidine rings is 1. The molecule has 3 N–H and O–H groups in total. The van der Waals surface area contributed by atoms with Gasteiger partial charge in [-0.3, -0.25) is 0 Å². The van der Waals surface area contributed by atoms with Crippen LogP contribution in [0.2, 0.25) is 0 Å². The van der Waals surface area contributed by atoms with Gasteiger partial charge in [-0.25, -0.2) is 12.7 Å².